The number of aryl methyl sites for hydroxylation is 1. The summed E-state index contributed by atoms with van der Waals surface area (Å²) >= 11 is 7.67. The Kier molecular flexibility index (Phi) is 6.02. The molecule has 2 heterocycles. The largest absolute Gasteiger partial charge is 0.348 e. The third-order valence-corrected chi connectivity index (χ3v) is 6.20. The fourth-order valence-electron chi connectivity index (χ4n) is 3.51. The molecule has 4 aromatic rings. The smallest absolute Gasteiger partial charge is 0.268 e. The number of rotatable bonds is 7. The number of hydrogen-bond donors (Lipinski definition) is 1. The van der Waals surface area contributed by atoms with Crippen LogP contribution in [0.1, 0.15) is 35.0 Å². The standard InChI is InChI=1S/C24H23ClN2OS/c1-17(7-8-18-5-3-2-4-6-18)26-24(28)22-15-23-21(13-14-29-23)27(22)16-19-9-11-20(25)12-10-19/h2-6,9-15,17H,7-8,16H2,1H3,(H,26,28). The Hall–Kier alpha value is -2.56. The maximum absolute atomic E-state index is 13.1. The van der Waals surface area contributed by atoms with E-state index in [2.05, 4.69) is 52.5 Å². The quantitative estimate of drug-likeness (QED) is 0.380. The second kappa shape index (κ2) is 8.85. The molecular weight excluding hydrogens is 400 g/mol. The van der Waals surface area contributed by atoms with Crippen molar-refractivity contribution in [1.82, 2.24) is 9.88 Å². The fraction of sp³-hybridized carbons (Fsp3) is 0.208. The molecule has 1 atom stereocenters. The number of nitrogens with zero attached hydrogens (tertiary/aromatic N) is 1. The van der Waals surface area contributed by atoms with E-state index < -0.39 is 0 Å². The topological polar surface area (TPSA) is 34.0 Å². The van der Waals surface area contributed by atoms with Gasteiger partial charge in [-0.2, -0.15) is 0 Å². The van der Waals surface area contributed by atoms with Crippen LogP contribution >= 0.6 is 22.9 Å². The van der Waals surface area contributed by atoms with Gasteiger partial charge in [-0.3, -0.25) is 4.79 Å². The van der Waals surface area contributed by atoms with E-state index in [-0.39, 0.29) is 11.9 Å². The van der Waals surface area contributed by atoms with E-state index in [4.69, 9.17) is 11.6 Å². The van der Waals surface area contributed by atoms with E-state index in [0.29, 0.717) is 17.3 Å². The average molecular weight is 423 g/mol. The lowest BCUT2D eigenvalue weighted by atomic mass is 10.1. The lowest BCUT2D eigenvalue weighted by Crippen LogP contribution is -2.34. The van der Waals surface area contributed by atoms with Crippen LogP contribution in [0.5, 0.6) is 0 Å². The molecule has 148 valence electrons. The molecule has 0 bridgehead atoms. The normalized spacial score (nSPS) is 12.2. The first kappa shape index (κ1) is 19.7. The van der Waals surface area contributed by atoms with Crippen molar-refractivity contribution in [2.24, 2.45) is 0 Å². The molecule has 0 saturated heterocycles. The van der Waals surface area contributed by atoms with Crippen molar-refractivity contribution in [2.75, 3.05) is 0 Å². The molecule has 29 heavy (non-hydrogen) atoms. The highest BCUT2D eigenvalue weighted by atomic mass is 35.5. The van der Waals surface area contributed by atoms with Gasteiger partial charge in [-0.15, -0.1) is 11.3 Å². The van der Waals surface area contributed by atoms with Crippen molar-refractivity contribution in [3.05, 3.63) is 94.0 Å². The van der Waals surface area contributed by atoms with Crippen LogP contribution in [0.15, 0.2) is 72.1 Å². The summed E-state index contributed by atoms with van der Waals surface area (Å²) in [6.07, 6.45) is 1.85. The molecule has 2 aromatic carbocycles. The molecule has 0 fully saturated rings. The molecule has 1 unspecified atom stereocenters. The summed E-state index contributed by atoms with van der Waals surface area (Å²) in [6, 6.07) is 22.3. The van der Waals surface area contributed by atoms with Gasteiger partial charge >= 0.3 is 0 Å². The van der Waals surface area contributed by atoms with E-state index in [9.17, 15) is 4.79 Å². The van der Waals surface area contributed by atoms with Crippen LogP contribution in [0.4, 0.5) is 0 Å². The number of aromatic nitrogens is 1. The third-order valence-electron chi connectivity index (χ3n) is 5.10. The first-order chi connectivity index (χ1) is 14.1. The maximum Gasteiger partial charge on any atom is 0.268 e. The minimum atomic E-state index is -0.0251. The van der Waals surface area contributed by atoms with Gasteiger partial charge in [-0.1, -0.05) is 54.1 Å². The van der Waals surface area contributed by atoms with Crippen LogP contribution < -0.4 is 5.32 Å². The number of nitrogens with one attached hydrogen (secondary N) is 1. The molecule has 0 aliphatic carbocycles. The van der Waals surface area contributed by atoms with Crippen LogP contribution in [-0.2, 0) is 13.0 Å². The van der Waals surface area contributed by atoms with Crippen molar-refractivity contribution in [3.8, 4) is 0 Å². The zero-order valence-corrected chi connectivity index (χ0v) is 17.8. The van der Waals surface area contributed by atoms with Crippen LogP contribution in [0.3, 0.4) is 0 Å². The van der Waals surface area contributed by atoms with Gasteiger partial charge in [0.15, 0.2) is 0 Å². The minimum absolute atomic E-state index is 0.0251. The summed E-state index contributed by atoms with van der Waals surface area (Å²) in [4.78, 5) is 13.1. The number of thiophene rings is 1. The molecule has 5 heteroatoms. The molecule has 0 aliphatic rings. The van der Waals surface area contributed by atoms with Crippen molar-refractivity contribution in [2.45, 2.75) is 32.4 Å². The number of hydrogen-bond acceptors (Lipinski definition) is 2. The average Bonchev–Trinajstić information content (AvgIpc) is 3.31. The number of carbonyl (C=O) groups is 1. The van der Waals surface area contributed by atoms with E-state index >= 15 is 0 Å². The van der Waals surface area contributed by atoms with Crippen LogP contribution in [0.2, 0.25) is 5.02 Å². The monoisotopic (exact) mass is 422 g/mol. The van der Waals surface area contributed by atoms with Gasteiger partial charge in [0.2, 0.25) is 0 Å². The summed E-state index contributed by atoms with van der Waals surface area (Å²) < 4.78 is 3.22. The second-order valence-electron chi connectivity index (χ2n) is 7.31. The molecule has 0 radical (unpaired) electrons. The lowest BCUT2D eigenvalue weighted by molar-refractivity contribution is 0.0930. The molecule has 0 aliphatic heterocycles. The molecule has 1 amide bonds. The minimum Gasteiger partial charge on any atom is -0.348 e. The third kappa shape index (κ3) is 4.72. The predicted octanol–water partition coefficient (Wildman–Crippen LogP) is 6.16. The first-order valence-electron chi connectivity index (χ1n) is 9.76. The summed E-state index contributed by atoms with van der Waals surface area (Å²) in [7, 11) is 0. The number of amides is 1. The van der Waals surface area contributed by atoms with Gasteiger partial charge in [0.1, 0.15) is 5.69 Å². The lowest BCUT2D eigenvalue weighted by Gasteiger charge is -2.16. The Labute approximate surface area is 179 Å². The highest BCUT2D eigenvalue weighted by Gasteiger charge is 2.18. The highest BCUT2D eigenvalue weighted by molar-refractivity contribution is 7.17. The number of benzene rings is 2. The maximum atomic E-state index is 13.1. The van der Waals surface area contributed by atoms with Crippen LogP contribution in [-0.4, -0.2) is 16.5 Å². The predicted molar refractivity (Wildman–Crippen MR) is 122 cm³/mol. The van der Waals surface area contributed by atoms with Crippen molar-refractivity contribution in [3.63, 3.8) is 0 Å². The zero-order valence-electron chi connectivity index (χ0n) is 16.3. The zero-order chi connectivity index (χ0) is 20.2. The van der Waals surface area contributed by atoms with Gasteiger partial charge in [-0.25, -0.2) is 0 Å². The van der Waals surface area contributed by atoms with Crippen LogP contribution in [0.25, 0.3) is 10.2 Å². The van der Waals surface area contributed by atoms with Crippen molar-refractivity contribution < 1.29 is 4.79 Å². The Morgan fingerprint density at radius 1 is 1.07 bits per heavy atom. The Balaban J connectivity index is 1.49. The molecule has 1 N–H and O–H groups in total. The summed E-state index contributed by atoms with van der Waals surface area (Å²) in [6.45, 7) is 2.70. The number of halogens is 1. The summed E-state index contributed by atoms with van der Waals surface area (Å²) in [5.74, 6) is -0.0251. The molecular formula is C24H23ClN2OS. The van der Waals surface area contributed by atoms with Crippen molar-refractivity contribution >= 4 is 39.1 Å². The van der Waals surface area contributed by atoms with Crippen LogP contribution in [0, 0.1) is 0 Å². The molecule has 0 saturated carbocycles. The van der Waals surface area contributed by atoms with Gasteiger partial charge in [-0.05, 0) is 60.5 Å². The van der Waals surface area contributed by atoms with E-state index in [1.165, 1.54) is 5.56 Å². The van der Waals surface area contributed by atoms with Gasteiger partial charge < -0.3 is 9.88 Å². The second-order valence-corrected chi connectivity index (χ2v) is 8.70. The van der Waals surface area contributed by atoms with E-state index in [1.807, 2.05) is 36.4 Å². The Morgan fingerprint density at radius 3 is 2.59 bits per heavy atom. The highest BCUT2D eigenvalue weighted by Crippen LogP contribution is 2.26. The van der Waals surface area contributed by atoms with Gasteiger partial charge in [0.05, 0.1) is 10.2 Å². The molecule has 0 spiro atoms. The molecule has 4 rings (SSSR count). The Bertz CT molecular complexity index is 1100. The Morgan fingerprint density at radius 2 is 1.83 bits per heavy atom. The summed E-state index contributed by atoms with van der Waals surface area (Å²) in [5, 5.41) is 5.95. The SMILES string of the molecule is CC(CCc1ccccc1)NC(=O)c1cc2sccc2n1Cc1ccc(Cl)cc1. The van der Waals surface area contributed by atoms with Gasteiger partial charge in [0.25, 0.3) is 5.91 Å². The first-order valence-corrected chi connectivity index (χ1v) is 11.0. The van der Waals surface area contributed by atoms with Crippen molar-refractivity contribution in [1.29, 1.82) is 0 Å². The molecule has 2 aromatic heterocycles. The van der Waals surface area contributed by atoms with E-state index in [0.717, 1.165) is 28.6 Å². The van der Waals surface area contributed by atoms with Gasteiger partial charge in [0, 0.05) is 17.6 Å². The summed E-state index contributed by atoms with van der Waals surface area (Å²) in [5.41, 5.74) is 4.20. The van der Waals surface area contributed by atoms with E-state index in [1.54, 1.807) is 11.3 Å². The molecule has 3 nitrogen and oxygen atoms in total. The number of carbonyl (C=O) groups excluding carboxylic acids is 1. The fourth-order valence-corrected chi connectivity index (χ4v) is 4.45. The number of fused-ring (bicyclic) bond motifs is 1.